The molecule has 62 valence electrons. The van der Waals surface area contributed by atoms with E-state index >= 15 is 0 Å². The van der Waals surface area contributed by atoms with Gasteiger partial charge in [-0.25, -0.2) is 0 Å². The molecule has 12 heavy (non-hydrogen) atoms. The lowest BCUT2D eigenvalue weighted by molar-refractivity contribution is 0.949. The number of nitrogens with zero attached hydrogens (tertiary/aromatic N) is 3. The Balaban J connectivity index is 0.000000211. The standard InChI is InChI=1S/C4HN3.C4H8S/c5-1-4(2-6)3-7;1-2-4-5-3-1/h4H;1-4H2. The molecule has 0 N–H and O–H groups in total. The predicted molar refractivity (Wildman–Crippen MR) is 46.9 cm³/mol. The van der Waals surface area contributed by atoms with E-state index in [1.54, 1.807) is 0 Å². The Morgan fingerprint density at radius 3 is 1.42 bits per heavy atom. The van der Waals surface area contributed by atoms with Gasteiger partial charge in [0.1, 0.15) is 0 Å². The van der Waals surface area contributed by atoms with Gasteiger partial charge in [-0.05, 0) is 24.3 Å². The number of hydrogen-bond donors (Lipinski definition) is 0. The molecule has 0 amide bonds. The van der Waals surface area contributed by atoms with E-state index in [1.807, 2.05) is 0 Å². The quantitative estimate of drug-likeness (QED) is 0.567. The van der Waals surface area contributed by atoms with Gasteiger partial charge < -0.3 is 0 Å². The normalized spacial score (nSPS) is 13.5. The molecule has 0 unspecified atom stereocenters. The lowest BCUT2D eigenvalue weighted by Gasteiger charge is -1.69. The third kappa shape index (κ3) is 5.59. The van der Waals surface area contributed by atoms with Gasteiger partial charge in [-0.15, -0.1) is 0 Å². The van der Waals surface area contributed by atoms with Crippen molar-refractivity contribution in [2.45, 2.75) is 12.8 Å². The maximum Gasteiger partial charge on any atom is 0.218 e. The molecule has 3 nitrogen and oxygen atoms in total. The summed E-state index contributed by atoms with van der Waals surface area (Å²) in [6.45, 7) is 0. The second-order valence-corrected chi connectivity index (χ2v) is 3.36. The Hall–Kier alpha value is -1.18. The van der Waals surface area contributed by atoms with Crippen LogP contribution in [-0.4, -0.2) is 11.5 Å². The second kappa shape index (κ2) is 7.92. The van der Waals surface area contributed by atoms with Crippen molar-refractivity contribution in [3.05, 3.63) is 0 Å². The highest BCUT2D eigenvalue weighted by Gasteiger charge is 1.97. The predicted octanol–water partition coefficient (Wildman–Crippen LogP) is 1.69. The van der Waals surface area contributed by atoms with Gasteiger partial charge in [0, 0.05) is 0 Å². The van der Waals surface area contributed by atoms with Crippen LogP contribution in [0.3, 0.4) is 0 Å². The fourth-order valence-electron chi connectivity index (χ4n) is 0.597. The maximum absolute atomic E-state index is 7.83. The fraction of sp³-hybridized carbons (Fsp3) is 0.625. The first-order valence-electron chi connectivity index (χ1n) is 3.61. The first kappa shape index (κ1) is 10.8. The molecule has 0 aromatic rings. The smallest absolute Gasteiger partial charge is 0.196 e. The summed E-state index contributed by atoms with van der Waals surface area (Å²) in [6.07, 6.45) is 2.93. The van der Waals surface area contributed by atoms with Gasteiger partial charge in [0.15, 0.2) is 0 Å². The topological polar surface area (TPSA) is 71.4 Å². The minimum Gasteiger partial charge on any atom is -0.196 e. The zero-order valence-electron chi connectivity index (χ0n) is 6.66. The van der Waals surface area contributed by atoms with Gasteiger partial charge in [-0.1, -0.05) is 0 Å². The van der Waals surface area contributed by atoms with Crippen LogP contribution in [0.15, 0.2) is 0 Å². The van der Waals surface area contributed by atoms with Crippen molar-refractivity contribution in [3.63, 3.8) is 0 Å². The highest BCUT2D eigenvalue weighted by Crippen LogP contribution is 2.14. The molecule has 0 bridgehead atoms. The van der Waals surface area contributed by atoms with Gasteiger partial charge in [0.2, 0.25) is 5.92 Å². The first-order chi connectivity index (χ1) is 5.85. The lowest BCUT2D eigenvalue weighted by atomic mass is 10.2. The maximum atomic E-state index is 7.83. The van der Waals surface area contributed by atoms with Crippen LogP contribution < -0.4 is 0 Å². The Labute approximate surface area is 76.6 Å². The fourth-order valence-corrected chi connectivity index (χ4v) is 1.62. The van der Waals surface area contributed by atoms with Crippen molar-refractivity contribution in [2.75, 3.05) is 11.5 Å². The summed E-state index contributed by atoms with van der Waals surface area (Å²) in [6, 6.07) is 4.44. The Morgan fingerprint density at radius 2 is 1.33 bits per heavy atom. The van der Waals surface area contributed by atoms with E-state index in [0.29, 0.717) is 0 Å². The SMILES string of the molecule is C1CCSC1.N#CC(C#N)C#N. The third-order valence-electron chi connectivity index (χ3n) is 1.21. The number of hydrogen-bond acceptors (Lipinski definition) is 4. The Kier molecular flexibility index (Phi) is 7.14. The molecule has 0 aliphatic carbocycles. The molecular weight excluding hydrogens is 170 g/mol. The summed E-state index contributed by atoms with van der Waals surface area (Å²) >= 11 is 2.07. The minimum atomic E-state index is -1.10. The molecule has 0 aromatic carbocycles. The largest absolute Gasteiger partial charge is 0.218 e. The molecule has 0 saturated carbocycles. The van der Waals surface area contributed by atoms with E-state index < -0.39 is 5.92 Å². The summed E-state index contributed by atoms with van der Waals surface area (Å²) in [5, 5.41) is 23.5. The van der Waals surface area contributed by atoms with Crippen molar-refractivity contribution in [2.24, 2.45) is 5.92 Å². The van der Waals surface area contributed by atoms with E-state index in [-0.39, 0.29) is 0 Å². The molecule has 4 heteroatoms. The minimum absolute atomic E-state index is 1.10. The van der Waals surface area contributed by atoms with Crippen LogP contribution in [0.2, 0.25) is 0 Å². The van der Waals surface area contributed by atoms with Gasteiger partial charge >= 0.3 is 0 Å². The van der Waals surface area contributed by atoms with Crippen molar-refractivity contribution < 1.29 is 0 Å². The first-order valence-corrected chi connectivity index (χ1v) is 4.77. The third-order valence-corrected chi connectivity index (χ3v) is 2.37. The van der Waals surface area contributed by atoms with Crippen LogP contribution in [0.25, 0.3) is 0 Å². The summed E-state index contributed by atoms with van der Waals surface area (Å²) in [4.78, 5) is 0. The number of nitriles is 3. The van der Waals surface area contributed by atoms with Gasteiger partial charge in [-0.3, -0.25) is 0 Å². The molecule has 0 spiro atoms. The Morgan fingerprint density at radius 1 is 0.917 bits per heavy atom. The van der Waals surface area contributed by atoms with E-state index in [2.05, 4.69) is 11.8 Å². The van der Waals surface area contributed by atoms with Crippen LogP contribution in [0.4, 0.5) is 0 Å². The van der Waals surface area contributed by atoms with Gasteiger partial charge in [0.05, 0.1) is 18.2 Å². The van der Waals surface area contributed by atoms with E-state index in [0.717, 1.165) is 0 Å². The van der Waals surface area contributed by atoms with Crippen LogP contribution in [0, 0.1) is 39.9 Å². The van der Waals surface area contributed by atoms with E-state index in [9.17, 15) is 0 Å². The molecule has 0 aromatic heterocycles. The molecule has 1 rings (SSSR count). The molecule has 0 radical (unpaired) electrons. The second-order valence-electron chi connectivity index (χ2n) is 2.14. The molecule has 0 atom stereocenters. The lowest BCUT2D eigenvalue weighted by Crippen LogP contribution is -1.82. The van der Waals surface area contributed by atoms with Crippen LogP contribution >= 0.6 is 11.8 Å². The van der Waals surface area contributed by atoms with Gasteiger partial charge in [0.25, 0.3) is 0 Å². The zero-order chi connectivity index (χ0) is 9.23. The van der Waals surface area contributed by atoms with Crippen molar-refractivity contribution >= 4 is 11.8 Å². The monoisotopic (exact) mass is 179 g/mol. The van der Waals surface area contributed by atoms with Gasteiger partial charge in [-0.2, -0.15) is 27.5 Å². The molecule has 1 heterocycles. The van der Waals surface area contributed by atoms with E-state index in [4.69, 9.17) is 15.8 Å². The van der Waals surface area contributed by atoms with Crippen molar-refractivity contribution in [1.82, 2.24) is 0 Å². The average molecular weight is 179 g/mol. The molecule has 1 fully saturated rings. The zero-order valence-corrected chi connectivity index (χ0v) is 7.47. The summed E-state index contributed by atoms with van der Waals surface area (Å²) < 4.78 is 0. The molecular formula is C8H9N3S. The summed E-state index contributed by atoms with van der Waals surface area (Å²) in [5.41, 5.74) is 0. The molecule has 1 aliphatic heterocycles. The number of rotatable bonds is 0. The number of thioether (sulfide) groups is 1. The van der Waals surface area contributed by atoms with Crippen molar-refractivity contribution in [1.29, 1.82) is 15.8 Å². The van der Waals surface area contributed by atoms with Crippen LogP contribution in [-0.2, 0) is 0 Å². The summed E-state index contributed by atoms with van der Waals surface area (Å²) in [7, 11) is 0. The van der Waals surface area contributed by atoms with Crippen molar-refractivity contribution in [3.8, 4) is 18.2 Å². The molecule has 1 saturated heterocycles. The van der Waals surface area contributed by atoms with Crippen LogP contribution in [0.1, 0.15) is 12.8 Å². The molecule has 1 aliphatic rings. The highest BCUT2D eigenvalue weighted by molar-refractivity contribution is 7.99. The highest BCUT2D eigenvalue weighted by atomic mass is 32.2. The Bertz CT molecular complexity index is 185. The van der Waals surface area contributed by atoms with E-state index in [1.165, 1.54) is 42.6 Å². The van der Waals surface area contributed by atoms with Crippen LogP contribution in [0.5, 0.6) is 0 Å². The average Bonchev–Trinajstić information content (AvgIpc) is 2.64. The summed E-state index contributed by atoms with van der Waals surface area (Å²) in [5.74, 6) is 1.74.